The van der Waals surface area contributed by atoms with E-state index >= 15 is 0 Å². The first-order valence-electron chi connectivity index (χ1n) is 8.50. The number of carbonyl (C=O) groups is 1. The van der Waals surface area contributed by atoms with Gasteiger partial charge in [-0.3, -0.25) is 4.79 Å². The molecule has 7 heteroatoms. The van der Waals surface area contributed by atoms with Gasteiger partial charge in [0.1, 0.15) is 0 Å². The van der Waals surface area contributed by atoms with E-state index in [-0.39, 0.29) is 22.2 Å². The third-order valence-electron chi connectivity index (χ3n) is 5.03. The SMILES string of the molecule is Cc1ccc(C(=O)N2N=C(C3CCCCC3)CC2(O)C(F)(F)F)cc1. The minimum atomic E-state index is -4.98. The van der Waals surface area contributed by atoms with Crippen LogP contribution in [0.25, 0.3) is 0 Å². The van der Waals surface area contributed by atoms with Gasteiger partial charge in [-0.2, -0.15) is 23.3 Å². The van der Waals surface area contributed by atoms with Crippen LogP contribution in [0, 0.1) is 12.8 Å². The molecule has 3 rings (SSSR count). The van der Waals surface area contributed by atoms with Crippen molar-refractivity contribution in [2.75, 3.05) is 0 Å². The molecule has 0 bridgehead atoms. The maximum atomic E-state index is 13.6. The number of hydrazone groups is 1. The molecule has 25 heavy (non-hydrogen) atoms. The smallest absolute Gasteiger partial charge is 0.362 e. The molecule has 1 aliphatic heterocycles. The number of benzene rings is 1. The zero-order chi connectivity index (χ0) is 18.2. The van der Waals surface area contributed by atoms with Gasteiger partial charge in [-0.05, 0) is 37.8 Å². The van der Waals surface area contributed by atoms with Crippen molar-refractivity contribution in [3.05, 3.63) is 35.4 Å². The maximum Gasteiger partial charge on any atom is 0.438 e. The Hall–Kier alpha value is -1.89. The van der Waals surface area contributed by atoms with Crippen LogP contribution in [-0.4, -0.2) is 33.6 Å². The highest BCUT2D eigenvalue weighted by atomic mass is 19.4. The van der Waals surface area contributed by atoms with E-state index in [0.717, 1.165) is 37.7 Å². The third-order valence-corrected chi connectivity index (χ3v) is 5.03. The fourth-order valence-electron chi connectivity index (χ4n) is 3.49. The molecule has 1 aromatic rings. The van der Waals surface area contributed by atoms with Gasteiger partial charge in [0.25, 0.3) is 11.6 Å². The van der Waals surface area contributed by atoms with Gasteiger partial charge >= 0.3 is 6.18 Å². The van der Waals surface area contributed by atoms with Crippen LogP contribution >= 0.6 is 0 Å². The van der Waals surface area contributed by atoms with Crippen LogP contribution < -0.4 is 0 Å². The second kappa shape index (κ2) is 6.44. The molecule has 1 amide bonds. The van der Waals surface area contributed by atoms with Gasteiger partial charge in [0, 0.05) is 17.7 Å². The van der Waals surface area contributed by atoms with Gasteiger partial charge in [0.2, 0.25) is 0 Å². The summed E-state index contributed by atoms with van der Waals surface area (Å²) in [5.41, 5.74) is -2.04. The minimum Gasteiger partial charge on any atom is -0.362 e. The molecule has 1 atom stereocenters. The summed E-state index contributed by atoms with van der Waals surface area (Å²) >= 11 is 0. The Labute approximate surface area is 144 Å². The number of alkyl halides is 3. The summed E-state index contributed by atoms with van der Waals surface area (Å²) in [6.07, 6.45) is -1.23. The summed E-state index contributed by atoms with van der Waals surface area (Å²) in [5, 5.41) is 14.5. The van der Waals surface area contributed by atoms with Crippen molar-refractivity contribution < 1.29 is 23.1 Å². The van der Waals surface area contributed by atoms with Gasteiger partial charge in [0.15, 0.2) is 0 Å². The lowest BCUT2D eigenvalue weighted by Crippen LogP contribution is -2.56. The highest BCUT2D eigenvalue weighted by Gasteiger charge is 2.63. The number of hydrogen-bond acceptors (Lipinski definition) is 3. The predicted octanol–water partition coefficient (Wildman–Crippen LogP) is 4.03. The third kappa shape index (κ3) is 3.29. The number of halogens is 3. The van der Waals surface area contributed by atoms with E-state index < -0.39 is 24.2 Å². The van der Waals surface area contributed by atoms with E-state index in [1.54, 1.807) is 12.1 Å². The predicted molar refractivity (Wildman–Crippen MR) is 87.0 cm³/mol. The van der Waals surface area contributed by atoms with E-state index in [2.05, 4.69) is 5.10 Å². The monoisotopic (exact) mass is 354 g/mol. The van der Waals surface area contributed by atoms with Crippen LogP contribution in [0.3, 0.4) is 0 Å². The van der Waals surface area contributed by atoms with Crippen molar-refractivity contribution in [2.24, 2.45) is 11.0 Å². The molecule has 1 unspecified atom stereocenters. The average molecular weight is 354 g/mol. The number of aryl methyl sites for hydroxylation is 1. The maximum absolute atomic E-state index is 13.6. The van der Waals surface area contributed by atoms with Crippen LogP contribution in [0.15, 0.2) is 29.4 Å². The van der Waals surface area contributed by atoms with Crippen LogP contribution in [-0.2, 0) is 0 Å². The van der Waals surface area contributed by atoms with Crippen LogP contribution in [0.2, 0.25) is 0 Å². The first-order valence-corrected chi connectivity index (χ1v) is 8.50. The Morgan fingerprint density at radius 2 is 1.80 bits per heavy atom. The quantitative estimate of drug-likeness (QED) is 0.872. The Bertz CT molecular complexity index is 679. The van der Waals surface area contributed by atoms with Crippen molar-refractivity contribution in [3.8, 4) is 0 Å². The van der Waals surface area contributed by atoms with Gasteiger partial charge in [-0.1, -0.05) is 37.0 Å². The summed E-state index contributed by atoms with van der Waals surface area (Å²) in [7, 11) is 0. The number of carbonyl (C=O) groups excluding carboxylic acids is 1. The number of nitrogens with zero attached hydrogens (tertiary/aromatic N) is 2. The van der Waals surface area contributed by atoms with Crippen molar-refractivity contribution in [3.63, 3.8) is 0 Å². The molecule has 4 nitrogen and oxygen atoms in total. The van der Waals surface area contributed by atoms with E-state index in [1.165, 1.54) is 12.1 Å². The topological polar surface area (TPSA) is 52.9 Å². The lowest BCUT2D eigenvalue weighted by atomic mass is 9.83. The Morgan fingerprint density at radius 3 is 2.36 bits per heavy atom. The normalized spacial score (nSPS) is 25.2. The van der Waals surface area contributed by atoms with Crippen LogP contribution in [0.4, 0.5) is 13.2 Å². The molecule has 1 heterocycles. The number of amides is 1. The second-order valence-electron chi connectivity index (χ2n) is 6.90. The molecule has 0 spiro atoms. The van der Waals surface area contributed by atoms with E-state index in [9.17, 15) is 23.1 Å². The molecule has 0 radical (unpaired) electrons. The highest BCUT2D eigenvalue weighted by Crippen LogP contribution is 2.43. The first-order chi connectivity index (χ1) is 11.7. The number of hydrogen-bond donors (Lipinski definition) is 1. The molecule has 1 aliphatic carbocycles. The van der Waals surface area contributed by atoms with E-state index in [1.807, 2.05) is 6.92 Å². The summed E-state index contributed by atoms with van der Waals surface area (Å²) in [6.45, 7) is 1.81. The summed E-state index contributed by atoms with van der Waals surface area (Å²) in [6, 6.07) is 6.18. The Balaban J connectivity index is 1.94. The molecule has 0 aromatic heterocycles. The van der Waals surface area contributed by atoms with Crippen molar-refractivity contribution >= 4 is 11.6 Å². The Kier molecular flexibility index (Phi) is 4.62. The first kappa shape index (κ1) is 17.9. The van der Waals surface area contributed by atoms with Gasteiger partial charge in [-0.15, -0.1) is 0 Å². The van der Waals surface area contributed by atoms with E-state index in [4.69, 9.17) is 0 Å². The number of rotatable bonds is 2. The number of aliphatic hydroxyl groups is 1. The van der Waals surface area contributed by atoms with Crippen LogP contribution in [0.1, 0.15) is 54.4 Å². The lowest BCUT2D eigenvalue weighted by molar-refractivity contribution is -0.297. The van der Waals surface area contributed by atoms with Gasteiger partial charge in [-0.25, -0.2) is 0 Å². The highest BCUT2D eigenvalue weighted by molar-refractivity contribution is 5.99. The molecule has 0 saturated heterocycles. The van der Waals surface area contributed by atoms with Crippen molar-refractivity contribution in [2.45, 2.75) is 57.3 Å². The lowest BCUT2D eigenvalue weighted by Gasteiger charge is -2.32. The molecular weight excluding hydrogens is 333 g/mol. The van der Waals surface area contributed by atoms with Gasteiger partial charge < -0.3 is 5.11 Å². The fourth-order valence-corrected chi connectivity index (χ4v) is 3.49. The molecule has 1 aromatic carbocycles. The standard InChI is InChI=1S/C18H21F3N2O2/c1-12-7-9-14(10-8-12)16(24)23-17(25,18(19,20)21)11-15(22-23)13-5-3-2-4-6-13/h7-10,13,25H,2-6,11H2,1H3. The molecule has 2 aliphatic rings. The van der Waals surface area contributed by atoms with Crippen molar-refractivity contribution in [1.82, 2.24) is 5.01 Å². The molecule has 136 valence electrons. The van der Waals surface area contributed by atoms with Crippen LogP contribution in [0.5, 0.6) is 0 Å². The molecular formula is C18H21F3N2O2. The zero-order valence-corrected chi connectivity index (χ0v) is 14.0. The zero-order valence-electron chi connectivity index (χ0n) is 14.0. The Morgan fingerprint density at radius 1 is 1.20 bits per heavy atom. The van der Waals surface area contributed by atoms with Crippen molar-refractivity contribution in [1.29, 1.82) is 0 Å². The van der Waals surface area contributed by atoms with E-state index in [0.29, 0.717) is 0 Å². The molecule has 1 N–H and O–H groups in total. The summed E-state index contributed by atoms with van der Waals surface area (Å²) in [4.78, 5) is 12.6. The fraction of sp³-hybridized carbons (Fsp3) is 0.556. The average Bonchev–Trinajstić information content (AvgIpc) is 2.95. The minimum absolute atomic E-state index is 0.0712. The second-order valence-corrected chi connectivity index (χ2v) is 6.90. The molecule has 1 saturated carbocycles. The molecule has 1 fully saturated rings. The van der Waals surface area contributed by atoms with Gasteiger partial charge in [0.05, 0.1) is 0 Å². The largest absolute Gasteiger partial charge is 0.438 e. The summed E-state index contributed by atoms with van der Waals surface area (Å²) in [5.74, 6) is -1.04. The summed E-state index contributed by atoms with van der Waals surface area (Å²) < 4.78 is 40.7.